The smallest absolute Gasteiger partial charge is 0.140 e. The molecular weight excluding hydrogens is 238 g/mol. The second-order valence-electron chi connectivity index (χ2n) is 3.61. The first-order valence-corrected chi connectivity index (χ1v) is 5.33. The number of nitrogens with two attached hydrogens (primary N) is 1. The maximum absolute atomic E-state index is 5.93. The Balaban J connectivity index is 2.24. The zero-order valence-electron chi connectivity index (χ0n) is 8.68. The van der Waals surface area contributed by atoms with Crippen LogP contribution < -0.4 is 5.73 Å². The predicted octanol–water partition coefficient (Wildman–Crippen LogP) is 2.26. The van der Waals surface area contributed by atoms with Crippen LogP contribution in [-0.2, 0) is 0 Å². The van der Waals surface area contributed by atoms with Gasteiger partial charge in [-0.15, -0.1) is 0 Å². The summed E-state index contributed by atoms with van der Waals surface area (Å²) in [5.41, 5.74) is 8.78. The van der Waals surface area contributed by atoms with E-state index >= 15 is 0 Å². The third kappa shape index (κ3) is 1.70. The summed E-state index contributed by atoms with van der Waals surface area (Å²) in [6.07, 6.45) is 3.24. The highest BCUT2D eigenvalue weighted by atomic mass is 35.5. The predicted molar refractivity (Wildman–Crippen MR) is 66.5 cm³/mol. The molecule has 0 bridgehead atoms. The van der Waals surface area contributed by atoms with Gasteiger partial charge in [0.05, 0.1) is 23.6 Å². The van der Waals surface area contributed by atoms with E-state index in [4.69, 9.17) is 17.3 Å². The highest BCUT2D eigenvalue weighted by Crippen LogP contribution is 2.26. The molecule has 1 aromatic carbocycles. The number of fused-ring (bicyclic) bond motifs is 1. The molecule has 0 unspecified atom stereocenters. The number of nitrogens with zero attached hydrogens (tertiary/aromatic N) is 3. The van der Waals surface area contributed by atoms with Crippen LogP contribution in [0.1, 0.15) is 0 Å². The van der Waals surface area contributed by atoms with Crippen LogP contribution in [0.3, 0.4) is 0 Å². The molecule has 0 spiro atoms. The van der Waals surface area contributed by atoms with Crippen LogP contribution in [0.25, 0.3) is 22.4 Å². The number of nitrogens with one attached hydrogen (secondary N) is 1. The second-order valence-corrected chi connectivity index (χ2v) is 4.04. The zero-order valence-corrected chi connectivity index (χ0v) is 9.44. The fourth-order valence-corrected chi connectivity index (χ4v) is 1.90. The number of hydrogen-bond acceptors (Lipinski definition) is 4. The molecule has 0 saturated heterocycles. The number of H-pyrrole nitrogens is 1. The summed E-state index contributed by atoms with van der Waals surface area (Å²) in [5.74, 6) is 0.698. The highest BCUT2D eigenvalue weighted by molar-refractivity contribution is 6.31. The van der Waals surface area contributed by atoms with Gasteiger partial charge in [-0.3, -0.25) is 0 Å². The lowest BCUT2D eigenvalue weighted by molar-refractivity contribution is 1.03. The first-order valence-electron chi connectivity index (χ1n) is 4.96. The van der Waals surface area contributed by atoms with E-state index in [0.717, 1.165) is 11.1 Å². The molecule has 0 aliphatic carbocycles. The summed E-state index contributed by atoms with van der Waals surface area (Å²) in [6, 6.07) is 5.29. The average molecular weight is 246 g/mol. The minimum atomic E-state index is 0.553. The molecule has 0 fully saturated rings. The van der Waals surface area contributed by atoms with E-state index in [-0.39, 0.29) is 0 Å². The van der Waals surface area contributed by atoms with E-state index in [0.29, 0.717) is 22.1 Å². The topological polar surface area (TPSA) is 80.5 Å². The standard InChI is InChI=1S/C11H8ClN5/c12-7-3-8(13)10-9(4-7)16-11(17-10)6-1-2-14-15-5-6/h1-5H,13H2,(H,16,17). The number of benzene rings is 1. The quantitative estimate of drug-likeness (QED) is 0.645. The van der Waals surface area contributed by atoms with Crippen molar-refractivity contribution in [3.05, 3.63) is 35.6 Å². The fourth-order valence-electron chi connectivity index (χ4n) is 1.68. The second kappa shape index (κ2) is 3.71. The molecule has 0 aliphatic heterocycles. The Morgan fingerprint density at radius 3 is 2.88 bits per heavy atom. The molecule has 3 rings (SSSR count). The molecule has 0 aliphatic rings. The van der Waals surface area contributed by atoms with Crippen LogP contribution in [0.5, 0.6) is 0 Å². The van der Waals surface area contributed by atoms with Crippen molar-refractivity contribution in [2.75, 3.05) is 5.73 Å². The lowest BCUT2D eigenvalue weighted by atomic mass is 10.3. The Morgan fingerprint density at radius 2 is 2.12 bits per heavy atom. The van der Waals surface area contributed by atoms with Gasteiger partial charge < -0.3 is 10.7 Å². The van der Waals surface area contributed by atoms with Crippen molar-refractivity contribution in [2.45, 2.75) is 0 Å². The Morgan fingerprint density at radius 1 is 1.24 bits per heavy atom. The summed E-state index contributed by atoms with van der Waals surface area (Å²) < 4.78 is 0. The van der Waals surface area contributed by atoms with Gasteiger partial charge in [0.2, 0.25) is 0 Å². The molecule has 0 radical (unpaired) electrons. The van der Waals surface area contributed by atoms with Crippen molar-refractivity contribution in [2.24, 2.45) is 0 Å². The van der Waals surface area contributed by atoms with E-state index in [1.807, 2.05) is 6.07 Å². The molecule has 3 N–H and O–H groups in total. The Kier molecular flexibility index (Phi) is 2.19. The van der Waals surface area contributed by atoms with Gasteiger partial charge in [0, 0.05) is 10.6 Å². The summed E-state index contributed by atoms with van der Waals surface area (Å²) in [4.78, 5) is 7.57. The summed E-state index contributed by atoms with van der Waals surface area (Å²) in [6.45, 7) is 0. The van der Waals surface area contributed by atoms with Crippen LogP contribution in [0.2, 0.25) is 5.02 Å². The van der Waals surface area contributed by atoms with Crippen LogP contribution >= 0.6 is 11.6 Å². The minimum Gasteiger partial charge on any atom is -0.397 e. The molecule has 0 saturated carbocycles. The molecule has 5 nitrogen and oxygen atoms in total. The number of hydrogen-bond donors (Lipinski definition) is 2. The Labute approximate surface area is 102 Å². The van der Waals surface area contributed by atoms with E-state index < -0.39 is 0 Å². The number of halogens is 1. The van der Waals surface area contributed by atoms with Crippen LogP contribution in [-0.4, -0.2) is 20.2 Å². The van der Waals surface area contributed by atoms with Gasteiger partial charge in [-0.25, -0.2) is 4.98 Å². The van der Waals surface area contributed by atoms with Gasteiger partial charge in [0.25, 0.3) is 0 Å². The lowest BCUT2D eigenvalue weighted by Gasteiger charge is -1.94. The molecule has 2 aromatic heterocycles. The van der Waals surface area contributed by atoms with Crippen molar-refractivity contribution in [3.8, 4) is 11.4 Å². The van der Waals surface area contributed by atoms with Gasteiger partial charge in [0.15, 0.2) is 0 Å². The zero-order chi connectivity index (χ0) is 11.8. The van der Waals surface area contributed by atoms with Gasteiger partial charge in [0.1, 0.15) is 11.3 Å². The molecule has 0 atom stereocenters. The molecular formula is C11H8ClN5. The molecule has 0 amide bonds. The van der Waals surface area contributed by atoms with Gasteiger partial charge in [-0.2, -0.15) is 10.2 Å². The van der Waals surface area contributed by atoms with Crippen molar-refractivity contribution < 1.29 is 0 Å². The number of nitrogen functional groups attached to an aromatic ring is 1. The first-order chi connectivity index (χ1) is 8.24. The fraction of sp³-hybridized carbons (Fsp3) is 0. The SMILES string of the molecule is Nc1cc(Cl)cc2[nH]c(-c3ccnnc3)nc12. The molecule has 3 aromatic rings. The number of aromatic amines is 1. The van der Waals surface area contributed by atoms with Crippen LogP contribution in [0.15, 0.2) is 30.6 Å². The first kappa shape index (κ1) is 10.0. The number of imidazole rings is 1. The highest BCUT2D eigenvalue weighted by Gasteiger charge is 2.08. The summed E-state index contributed by atoms with van der Waals surface area (Å²) >= 11 is 5.93. The van der Waals surface area contributed by atoms with Crippen molar-refractivity contribution in [1.82, 2.24) is 20.2 Å². The Bertz CT molecular complexity index is 677. The number of anilines is 1. The summed E-state index contributed by atoms with van der Waals surface area (Å²) in [5, 5.41) is 8.10. The molecule has 84 valence electrons. The molecule has 2 heterocycles. The minimum absolute atomic E-state index is 0.553. The van der Waals surface area contributed by atoms with Crippen LogP contribution in [0, 0.1) is 0 Å². The monoisotopic (exact) mass is 245 g/mol. The molecule has 6 heteroatoms. The summed E-state index contributed by atoms with van der Waals surface area (Å²) in [7, 11) is 0. The van der Waals surface area contributed by atoms with E-state index in [1.165, 1.54) is 0 Å². The molecule has 17 heavy (non-hydrogen) atoms. The number of rotatable bonds is 1. The Hall–Kier alpha value is -2.14. The third-order valence-electron chi connectivity index (χ3n) is 2.44. The van der Waals surface area contributed by atoms with E-state index in [9.17, 15) is 0 Å². The van der Waals surface area contributed by atoms with E-state index in [1.54, 1.807) is 24.5 Å². The van der Waals surface area contributed by atoms with Gasteiger partial charge in [-0.05, 0) is 18.2 Å². The third-order valence-corrected chi connectivity index (χ3v) is 2.66. The van der Waals surface area contributed by atoms with Crippen molar-refractivity contribution >= 4 is 28.3 Å². The largest absolute Gasteiger partial charge is 0.397 e. The lowest BCUT2D eigenvalue weighted by Crippen LogP contribution is -1.86. The van der Waals surface area contributed by atoms with Gasteiger partial charge >= 0.3 is 0 Å². The van der Waals surface area contributed by atoms with Gasteiger partial charge in [-0.1, -0.05) is 11.6 Å². The normalized spacial score (nSPS) is 10.9. The van der Waals surface area contributed by atoms with Crippen LogP contribution in [0.4, 0.5) is 5.69 Å². The van der Waals surface area contributed by atoms with Crippen molar-refractivity contribution in [1.29, 1.82) is 0 Å². The maximum Gasteiger partial charge on any atom is 0.140 e. The average Bonchev–Trinajstić information content (AvgIpc) is 2.74. The number of aromatic nitrogens is 4. The van der Waals surface area contributed by atoms with Crippen molar-refractivity contribution in [3.63, 3.8) is 0 Å². The van der Waals surface area contributed by atoms with E-state index in [2.05, 4.69) is 20.2 Å². The maximum atomic E-state index is 5.93.